The molecule has 2 amide bonds. The smallest absolute Gasteiger partial charge is 0.373 e. The van der Waals surface area contributed by atoms with Gasteiger partial charge in [-0.05, 0) is 47.0 Å². The van der Waals surface area contributed by atoms with Crippen LogP contribution in [0.4, 0.5) is 26.3 Å². The first-order valence-corrected chi connectivity index (χ1v) is 11.9. The van der Waals surface area contributed by atoms with Gasteiger partial charge < -0.3 is 9.47 Å². The first kappa shape index (κ1) is 26.9. The third-order valence-electron chi connectivity index (χ3n) is 6.88. The molecule has 2 aliphatic rings. The number of fused-ring (bicyclic) bond motifs is 2. The Bertz CT molecular complexity index is 1370. The SMILES string of the molecule is O=C1c2ccccc2C(=O)N1CCC1(COCc2cc(C(F)(F)F)cc(C(F)(F)F)c2)OCc2ccccc21. The van der Waals surface area contributed by atoms with Gasteiger partial charge in [-0.15, -0.1) is 0 Å². The number of benzene rings is 3. The first-order valence-electron chi connectivity index (χ1n) is 11.9. The van der Waals surface area contributed by atoms with Gasteiger partial charge in [0.2, 0.25) is 0 Å². The molecule has 2 heterocycles. The molecule has 3 aromatic rings. The van der Waals surface area contributed by atoms with Gasteiger partial charge in [-0.1, -0.05) is 36.4 Å². The number of amides is 2. The number of ether oxygens (including phenoxy) is 2. The standard InChI is InChI=1S/C28H21F6NO4/c29-27(30,31)19-11-17(12-20(13-19)28(32,33)34)14-38-16-26(23-8-4-1-5-18(23)15-39-26)9-10-35-24(36)21-6-2-3-7-22(21)25(35)37/h1-8,11-13H,9-10,14-16H2. The van der Waals surface area contributed by atoms with Crippen molar-refractivity contribution in [2.24, 2.45) is 0 Å². The van der Waals surface area contributed by atoms with Gasteiger partial charge in [-0.25, -0.2) is 0 Å². The highest BCUT2D eigenvalue weighted by Gasteiger charge is 2.43. The second-order valence-electron chi connectivity index (χ2n) is 9.40. The first-order chi connectivity index (χ1) is 18.4. The van der Waals surface area contributed by atoms with E-state index >= 15 is 0 Å². The second-order valence-corrected chi connectivity index (χ2v) is 9.40. The van der Waals surface area contributed by atoms with Gasteiger partial charge in [0.1, 0.15) is 5.60 Å². The Morgan fingerprint density at radius 2 is 1.38 bits per heavy atom. The van der Waals surface area contributed by atoms with E-state index in [2.05, 4.69) is 0 Å². The zero-order valence-corrected chi connectivity index (χ0v) is 20.2. The molecule has 1 atom stereocenters. The zero-order chi connectivity index (χ0) is 28.0. The van der Waals surface area contributed by atoms with Crippen molar-refractivity contribution in [3.63, 3.8) is 0 Å². The third-order valence-corrected chi connectivity index (χ3v) is 6.88. The lowest BCUT2D eigenvalue weighted by Gasteiger charge is -2.31. The maximum Gasteiger partial charge on any atom is 0.416 e. The van der Waals surface area contributed by atoms with E-state index in [1.807, 2.05) is 6.07 Å². The average molecular weight is 549 g/mol. The van der Waals surface area contributed by atoms with E-state index in [9.17, 15) is 35.9 Å². The molecule has 5 nitrogen and oxygen atoms in total. The molecule has 0 saturated heterocycles. The van der Waals surface area contributed by atoms with Crippen molar-refractivity contribution >= 4 is 11.8 Å². The highest BCUT2D eigenvalue weighted by Crippen LogP contribution is 2.41. The third kappa shape index (κ3) is 5.16. The lowest BCUT2D eigenvalue weighted by Crippen LogP contribution is -2.39. The average Bonchev–Trinajstić information content (AvgIpc) is 3.37. The lowest BCUT2D eigenvalue weighted by atomic mass is 9.89. The van der Waals surface area contributed by atoms with E-state index in [0.717, 1.165) is 10.5 Å². The van der Waals surface area contributed by atoms with Crippen molar-refractivity contribution in [3.05, 3.63) is 106 Å². The fraction of sp³-hybridized carbons (Fsp3) is 0.286. The minimum absolute atomic E-state index is 0.0359. The van der Waals surface area contributed by atoms with E-state index in [0.29, 0.717) is 17.7 Å². The quantitative estimate of drug-likeness (QED) is 0.255. The summed E-state index contributed by atoms with van der Waals surface area (Å²) in [5.74, 6) is -0.914. The molecule has 0 aliphatic carbocycles. The number of rotatable bonds is 7. The summed E-state index contributed by atoms with van der Waals surface area (Å²) in [7, 11) is 0. The van der Waals surface area contributed by atoms with Crippen LogP contribution in [-0.4, -0.2) is 29.9 Å². The fourth-order valence-corrected chi connectivity index (χ4v) is 4.95. The van der Waals surface area contributed by atoms with Gasteiger partial charge in [-0.2, -0.15) is 26.3 Å². The normalized spacial score (nSPS) is 19.0. The van der Waals surface area contributed by atoms with Crippen LogP contribution in [0.15, 0.2) is 66.7 Å². The monoisotopic (exact) mass is 549 g/mol. The van der Waals surface area contributed by atoms with Crippen molar-refractivity contribution in [1.82, 2.24) is 4.90 Å². The molecule has 0 saturated carbocycles. The maximum atomic E-state index is 13.3. The number of carbonyl (C=O) groups is 2. The Morgan fingerprint density at radius 3 is 1.97 bits per heavy atom. The predicted molar refractivity (Wildman–Crippen MR) is 125 cm³/mol. The maximum absolute atomic E-state index is 13.3. The van der Waals surface area contributed by atoms with Crippen LogP contribution in [0.1, 0.15) is 55.0 Å². The highest BCUT2D eigenvalue weighted by atomic mass is 19.4. The molecule has 39 heavy (non-hydrogen) atoms. The van der Waals surface area contributed by atoms with Crippen LogP contribution in [-0.2, 0) is 40.6 Å². The molecular weight excluding hydrogens is 528 g/mol. The molecule has 0 bridgehead atoms. The van der Waals surface area contributed by atoms with Gasteiger partial charge in [-0.3, -0.25) is 14.5 Å². The van der Waals surface area contributed by atoms with Crippen LogP contribution in [0, 0.1) is 0 Å². The molecular formula is C28H21F6NO4. The fourth-order valence-electron chi connectivity index (χ4n) is 4.95. The summed E-state index contributed by atoms with van der Waals surface area (Å²) in [5, 5.41) is 0. The van der Waals surface area contributed by atoms with Gasteiger partial charge in [0.05, 0.1) is 42.1 Å². The molecule has 0 N–H and O–H groups in total. The van der Waals surface area contributed by atoms with Crippen LogP contribution < -0.4 is 0 Å². The van der Waals surface area contributed by atoms with Crippen molar-refractivity contribution in [2.75, 3.05) is 13.2 Å². The summed E-state index contributed by atoms with van der Waals surface area (Å²) in [6.07, 6.45) is -9.85. The van der Waals surface area contributed by atoms with Crippen LogP contribution >= 0.6 is 0 Å². The number of hydrogen-bond donors (Lipinski definition) is 0. The van der Waals surface area contributed by atoms with E-state index in [1.165, 1.54) is 0 Å². The molecule has 11 heteroatoms. The van der Waals surface area contributed by atoms with Gasteiger partial charge >= 0.3 is 12.4 Å². The largest absolute Gasteiger partial charge is 0.416 e. The lowest BCUT2D eigenvalue weighted by molar-refractivity contribution is -0.143. The molecule has 0 radical (unpaired) electrons. The number of imide groups is 1. The molecule has 0 spiro atoms. The summed E-state index contributed by atoms with van der Waals surface area (Å²) in [6.45, 7) is -0.632. The topological polar surface area (TPSA) is 55.8 Å². The summed E-state index contributed by atoms with van der Waals surface area (Å²) in [5.41, 5.74) is -2.25. The van der Waals surface area contributed by atoms with E-state index in [4.69, 9.17) is 9.47 Å². The van der Waals surface area contributed by atoms with Crippen molar-refractivity contribution in [3.8, 4) is 0 Å². The van der Waals surface area contributed by atoms with Crippen molar-refractivity contribution in [1.29, 1.82) is 0 Å². The summed E-state index contributed by atoms with van der Waals surface area (Å²) in [6, 6.07) is 14.9. The minimum Gasteiger partial charge on any atom is -0.373 e. The molecule has 1 unspecified atom stereocenters. The molecule has 5 rings (SSSR count). The van der Waals surface area contributed by atoms with Gasteiger partial charge in [0, 0.05) is 13.0 Å². The second kappa shape index (κ2) is 9.80. The van der Waals surface area contributed by atoms with Crippen LogP contribution in [0.2, 0.25) is 0 Å². The number of carbonyl (C=O) groups excluding carboxylic acids is 2. The Morgan fingerprint density at radius 1 is 0.821 bits per heavy atom. The van der Waals surface area contributed by atoms with E-state index < -0.39 is 47.5 Å². The molecule has 204 valence electrons. The summed E-state index contributed by atoms with van der Waals surface area (Å²) in [4.78, 5) is 26.8. The van der Waals surface area contributed by atoms with Crippen LogP contribution in [0.3, 0.4) is 0 Å². The number of alkyl halides is 6. The molecule has 0 fully saturated rings. The minimum atomic E-state index is -4.98. The Labute approximate surface area is 218 Å². The number of halogens is 6. The number of hydrogen-bond acceptors (Lipinski definition) is 4. The Balaban J connectivity index is 1.37. The zero-order valence-electron chi connectivity index (χ0n) is 20.2. The number of nitrogens with zero attached hydrogens (tertiary/aromatic N) is 1. The van der Waals surface area contributed by atoms with Crippen LogP contribution in [0.5, 0.6) is 0 Å². The predicted octanol–water partition coefficient (Wildman–Crippen LogP) is 6.35. The van der Waals surface area contributed by atoms with Gasteiger partial charge in [0.25, 0.3) is 11.8 Å². The summed E-state index contributed by atoms with van der Waals surface area (Å²) >= 11 is 0. The molecule has 2 aliphatic heterocycles. The van der Waals surface area contributed by atoms with Crippen LogP contribution in [0.25, 0.3) is 0 Å². The summed E-state index contributed by atoms with van der Waals surface area (Å²) < 4.78 is 91.3. The highest BCUT2D eigenvalue weighted by molar-refractivity contribution is 6.21. The van der Waals surface area contributed by atoms with Crippen molar-refractivity contribution in [2.45, 2.75) is 37.6 Å². The van der Waals surface area contributed by atoms with E-state index in [-0.39, 0.29) is 48.9 Å². The molecule has 0 aromatic heterocycles. The van der Waals surface area contributed by atoms with E-state index in [1.54, 1.807) is 42.5 Å². The van der Waals surface area contributed by atoms with Crippen molar-refractivity contribution < 1.29 is 45.4 Å². The van der Waals surface area contributed by atoms with Gasteiger partial charge in [0.15, 0.2) is 0 Å². The Hall–Kier alpha value is -3.70. The Kier molecular flexibility index (Phi) is 6.76. The molecule has 3 aromatic carbocycles.